The Kier molecular flexibility index (Phi) is 5.77. The van der Waals surface area contributed by atoms with Crippen molar-refractivity contribution in [2.24, 2.45) is 0 Å². The smallest absolute Gasteiger partial charge is 0.265 e. The standard InChI is InChI=1S/C32H24N2O4/c1-37-25-17-13-21(14-18-25)27-29-30(34(31(27)35)24-11-7-4-8-12-24)28(22-15-19-26(38-2)20-16-22)32(36)33(29)23-9-5-3-6-10-23/h3-20H,1-2H3. The molecule has 4 aromatic rings. The molecule has 0 saturated carbocycles. The minimum absolute atomic E-state index is 0.203. The van der Waals surface area contributed by atoms with Gasteiger partial charge in [-0.1, -0.05) is 60.7 Å². The second kappa shape index (κ2) is 9.41. The molecule has 0 aromatic heterocycles. The maximum absolute atomic E-state index is 14.3. The summed E-state index contributed by atoms with van der Waals surface area (Å²) in [5.41, 5.74) is 4.79. The molecular weight excluding hydrogens is 476 g/mol. The number of carbonyl (C=O) groups excluding carboxylic acids is 2. The van der Waals surface area contributed by atoms with Crippen molar-refractivity contribution < 1.29 is 19.1 Å². The first-order valence-electron chi connectivity index (χ1n) is 12.2. The Hall–Kier alpha value is -5.10. The van der Waals surface area contributed by atoms with E-state index in [-0.39, 0.29) is 11.8 Å². The third kappa shape index (κ3) is 3.66. The number of para-hydroxylation sites is 2. The molecule has 6 nitrogen and oxygen atoms in total. The number of fused-ring (bicyclic) bond motifs is 1. The van der Waals surface area contributed by atoms with Crippen molar-refractivity contribution in [3.8, 4) is 11.5 Å². The summed E-state index contributed by atoms with van der Waals surface area (Å²) in [5.74, 6) is 0.959. The molecule has 0 spiro atoms. The van der Waals surface area contributed by atoms with Gasteiger partial charge in [0.1, 0.15) is 11.5 Å². The molecule has 0 atom stereocenters. The molecule has 0 bridgehead atoms. The zero-order valence-corrected chi connectivity index (χ0v) is 20.9. The molecule has 0 N–H and O–H groups in total. The van der Waals surface area contributed by atoms with Gasteiger partial charge in [-0.3, -0.25) is 19.4 Å². The molecule has 0 unspecified atom stereocenters. The second-order valence-electron chi connectivity index (χ2n) is 8.86. The molecule has 186 valence electrons. The van der Waals surface area contributed by atoms with Crippen LogP contribution in [0.3, 0.4) is 0 Å². The van der Waals surface area contributed by atoms with Crippen LogP contribution in [-0.4, -0.2) is 26.0 Å². The number of amides is 2. The van der Waals surface area contributed by atoms with Gasteiger partial charge in [-0.05, 0) is 59.7 Å². The third-order valence-electron chi connectivity index (χ3n) is 6.77. The first-order chi connectivity index (χ1) is 18.6. The Balaban J connectivity index is 1.67. The number of rotatable bonds is 6. The van der Waals surface area contributed by atoms with Crippen molar-refractivity contribution in [1.29, 1.82) is 0 Å². The zero-order chi connectivity index (χ0) is 26.2. The predicted molar refractivity (Wildman–Crippen MR) is 148 cm³/mol. The number of carbonyl (C=O) groups is 2. The minimum Gasteiger partial charge on any atom is -0.497 e. The lowest BCUT2D eigenvalue weighted by molar-refractivity contribution is -0.112. The highest BCUT2D eigenvalue weighted by Crippen LogP contribution is 2.50. The van der Waals surface area contributed by atoms with Gasteiger partial charge in [0, 0.05) is 11.4 Å². The van der Waals surface area contributed by atoms with E-state index in [1.165, 1.54) is 0 Å². The molecule has 2 amide bonds. The van der Waals surface area contributed by atoms with Gasteiger partial charge in [0.25, 0.3) is 11.8 Å². The van der Waals surface area contributed by atoms with Gasteiger partial charge in [-0.2, -0.15) is 0 Å². The number of methoxy groups -OCH3 is 2. The molecule has 4 aromatic carbocycles. The van der Waals surface area contributed by atoms with Gasteiger partial charge in [0.2, 0.25) is 0 Å². The van der Waals surface area contributed by atoms with Crippen LogP contribution in [-0.2, 0) is 9.59 Å². The topological polar surface area (TPSA) is 59.1 Å². The average Bonchev–Trinajstić information content (AvgIpc) is 3.42. The largest absolute Gasteiger partial charge is 0.497 e. The van der Waals surface area contributed by atoms with Gasteiger partial charge >= 0.3 is 0 Å². The Morgan fingerprint density at radius 1 is 0.474 bits per heavy atom. The maximum atomic E-state index is 14.3. The summed E-state index contributed by atoms with van der Waals surface area (Å²) < 4.78 is 10.7. The van der Waals surface area contributed by atoms with Crippen LogP contribution < -0.4 is 19.3 Å². The fourth-order valence-corrected chi connectivity index (χ4v) is 4.98. The lowest BCUT2D eigenvalue weighted by atomic mass is 10.0. The molecule has 2 aliphatic heterocycles. The Labute approximate surface area is 220 Å². The number of benzene rings is 4. The Morgan fingerprint density at radius 2 is 0.816 bits per heavy atom. The number of ether oxygens (including phenoxy) is 2. The average molecular weight is 501 g/mol. The number of nitrogens with zero attached hydrogens (tertiary/aromatic N) is 2. The van der Waals surface area contributed by atoms with Crippen LogP contribution in [0.2, 0.25) is 0 Å². The Bertz CT molecular complexity index is 1470. The lowest BCUT2D eigenvalue weighted by Gasteiger charge is -2.20. The van der Waals surface area contributed by atoms with Gasteiger partial charge in [-0.15, -0.1) is 0 Å². The molecule has 0 radical (unpaired) electrons. The second-order valence-corrected chi connectivity index (χ2v) is 8.86. The van der Waals surface area contributed by atoms with E-state index in [9.17, 15) is 9.59 Å². The van der Waals surface area contributed by atoms with Crippen molar-refractivity contribution >= 4 is 34.3 Å². The van der Waals surface area contributed by atoms with E-state index in [1.807, 2.05) is 109 Å². The predicted octanol–water partition coefficient (Wildman–Crippen LogP) is 5.92. The van der Waals surface area contributed by atoms with E-state index in [0.29, 0.717) is 56.5 Å². The summed E-state index contributed by atoms with van der Waals surface area (Å²) in [4.78, 5) is 31.9. The van der Waals surface area contributed by atoms with E-state index in [4.69, 9.17) is 9.47 Å². The van der Waals surface area contributed by atoms with Gasteiger partial charge in [-0.25, -0.2) is 0 Å². The summed E-state index contributed by atoms with van der Waals surface area (Å²) in [7, 11) is 3.20. The van der Waals surface area contributed by atoms with E-state index in [2.05, 4.69) is 0 Å². The van der Waals surface area contributed by atoms with E-state index < -0.39 is 0 Å². The van der Waals surface area contributed by atoms with E-state index in [1.54, 1.807) is 24.0 Å². The first-order valence-corrected chi connectivity index (χ1v) is 12.2. The molecule has 6 rings (SSSR count). The van der Waals surface area contributed by atoms with Crippen molar-refractivity contribution in [2.75, 3.05) is 24.0 Å². The highest BCUT2D eigenvalue weighted by molar-refractivity contribution is 6.43. The fourth-order valence-electron chi connectivity index (χ4n) is 4.98. The lowest BCUT2D eigenvalue weighted by Crippen LogP contribution is -2.27. The van der Waals surface area contributed by atoms with Crippen LogP contribution >= 0.6 is 0 Å². The number of hydrogen-bond donors (Lipinski definition) is 0. The van der Waals surface area contributed by atoms with Crippen LogP contribution in [0, 0.1) is 0 Å². The highest BCUT2D eigenvalue weighted by Gasteiger charge is 2.49. The van der Waals surface area contributed by atoms with E-state index >= 15 is 0 Å². The summed E-state index contributed by atoms with van der Waals surface area (Å²) in [6, 6.07) is 33.5. The molecule has 2 aliphatic rings. The number of hydrogen-bond acceptors (Lipinski definition) is 4. The van der Waals surface area contributed by atoms with Crippen molar-refractivity contribution in [3.63, 3.8) is 0 Å². The van der Waals surface area contributed by atoms with E-state index in [0.717, 1.165) is 0 Å². The van der Waals surface area contributed by atoms with Gasteiger partial charge < -0.3 is 9.47 Å². The molecule has 0 fully saturated rings. The summed E-state index contributed by atoms with van der Waals surface area (Å²) in [6.45, 7) is 0. The van der Waals surface area contributed by atoms with Crippen molar-refractivity contribution in [1.82, 2.24) is 0 Å². The molecule has 38 heavy (non-hydrogen) atoms. The molecule has 0 saturated heterocycles. The van der Waals surface area contributed by atoms with Gasteiger partial charge in [0.05, 0.1) is 36.8 Å². The van der Waals surface area contributed by atoms with Crippen LogP contribution in [0.15, 0.2) is 121 Å². The minimum atomic E-state index is -0.203. The van der Waals surface area contributed by atoms with Crippen LogP contribution in [0.25, 0.3) is 11.1 Å². The maximum Gasteiger partial charge on any atom is 0.265 e. The van der Waals surface area contributed by atoms with Gasteiger partial charge in [0.15, 0.2) is 0 Å². The highest BCUT2D eigenvalue weighted by atomic mass is 16.5. The monoisotopic (exact) mass is 500 g/mol. The van der Waals surface area contributed by atoms with Crippen LogP contribution in [0.1, 0.15) is 11.1 Å². The molecular formula is C32H24N2O4. The Morgan fingerprint density at radius 3 is 1.13 bits per heavy atom. The molecule has 0 aliphatic carbocycles. The SMILES string of the molecule is COc1ccc(C2=C3C(=C(c4ccc(OC)cc4)C(=O)N3c3ccccc3)N(c3ccccc3)C2=O)cc1. The molecule has 2 heterocycles. The normalized spacial score (nSPS) is 14.9. The molecule has 6 heteroatoms. The fraction of sp³-hybridized carbons (Fsp3) is 0.0625. The van der Waals surface area contributed by atoms with Crippen LogP contribution in [0.5, 0.6) is 11.5 Å². The van der Waals surface area contributed by atoms with Crippen LogP contribution in [0.4, 0.5) is 11.4 Å². The van der Waals surface area contributed by atoms with Crippen molar-refractivity contribution in [2.45, 2.75) is 0 Å². The zero-order valence-electron chi connectivity index (χ0n) is 20.9. The summed E-state index contributed by atoms with van der Waals surface area (Å²) in [5, 5.41) is 0. The quantitative estimate of drug-likeness (QED) is 0.330. The van der Waals surface area contributed by atoms with Crippen molar-refractivity contribution in [3.05, 3.63) is 132 Å². The summed E-state index contributed by atoms with van der Waals surface area (Å²) >= 11 is 0. The summed E-state index contributed by atoms with van der Waals surface area (Å²) in [6.07, 6.45) is 0. The number of anilines is 2. The first kappa shape index (κ1) is 23.3. The third-order valence-corrected chi connectivity index (χ3v) is 6.77.